The van der Waals surface area contributed by atoms with Crippen LogP contribution in [-0.4, -0.2) is 57.6 Å². The summed E-state index contributed by atoms with van der Waals surface area (Å²) >= 11 is 2.45. The number of H-pyrrole nitrogens is 1. The van der Waals surface area contributed by atoms with E-state index in [1.807, 2.05) is 5.38 Å². The number of piperazine rings is 1. The Labute approximate surface area is 161 Å². The minimum absolute atomic E-state index is 0.0746. The van der Waals surface area contributed by atoms with Crippen molar-refractivity contribution in [3.8, 4) is 0 Å². The maximum atomic E-state index is 12.7. The average Bonchev–Trinajstić information content (AvgIpc) is 3.12. The van der Waals surface area contributed by atoms with Gasteiger partial charge in [0.15, 0.2) is 10.9 Å². The molecule has 0 aliphatic carbocycles. The van der Waals surface area contributed by atoms with Crippen LogP contribution >= 0.6 is 23.1 Å². The Kier molecular flexibility index (Phi) is 6.22. The Balaban J connectivity index is 1.50. The van der Waals surface area contributed by atoms with E-state index in [-0.39, 0.29) is 16.8 Å². The Bertz CT molecular complexity index is 831. The van der Waals surface area contributed by atoms with Gasteiger partial charge >= 0.3 is 6.18 Å². The van der Waals surface area contributed by atoms with Crippen LogP contribution in [0.1, 0.15) is 11.3 Å². The molecule has 0 atom stereocenters. The number of alkyl halides is 3. The van der Waals surface area contributed by atoms with E-state index in [1.54, 1.807) is 16.2 Å². The summed E-state index contributed by atoms with van der Waals surface area (Å²) in [5, 5.41) is 3.91. The third-order valence-electron chi connectivity index (χ3n) is 4.05. The van der Waals surface area contributed by atoms with E-state index in [1.165, 1.54) is 5.56 Å². The number of thioether (sulfide) groups is 1. The number of hydrogen-bond donors (Lipinski definition) is 1. The smallest absolute Gasteiger partial charge is 0.339 e. The van der Waals surface area contributed by atoms with E-state index in [4.69, 9.17) is 0 Å². The van der Waals surface area contributed by atoms with Gasteiger partial charge in [0.1, 0.15) is 0 Å². The summed E-state index contributed by atoms with van der Waals surface area (Å²) < 4.78 is 38.1. The van der Waals surface area contributed by atoms with Crippen molar-refractivity contribution in [3.63, 3.8) is 0 Å². The molecule has 2 aromatic rings. The van der Waals surface area contributed by atoms with Gasteiger partial charge < -0.3 is 9.88 Å². The van der Waals surface area contributed by atoms with Gasteiger partial charge in [-0.25, -0.2) is 4.98 Å². The molecule has 6 nitrogen and oxygen atoms in total. The summed E-state index contributed by atoms with van der Waals surface area (Å²) in [5.41, 5.74) is -0.910. The highest BCUT2D eigenvalue weighted by molar-refractivity contribution is 7.99. The molecule has 0 aromatic carbocycles. The molecule has 1 saturated heterocycles. The van der Waals surface area contributed by atoms with E-state index < -0.39 is 17.4 Å². The standard InChI is InChI=1S/C16H17F3N4O2S2/c17-16(18,19)12-7-13(24)21-15(20-12)27-10-14(25)23-4-2-22(3-5-23)8-11-1-6-26-9-11/h1,6-7,9H,2-5,8,10H2,(H,20,21,24). The van der Waals surface area contributed by atoms with Gasteiger partial charge in [-0.3, -0.25) is 14.5 Å². The quantitative estimate of drug-likeness (QED) is 0.596. The summed E-state index contributed by atoms with van der Waals surface area (Å²) in [5.74, 6) is -0.260. The van der Waals surface area contributed by atoms with Crippen LogP contribution in [0.4, 0.5) is 13.2 Å². The zero-order valence-electron chi connectivity index (χ0n) is 14.2. The van der Waals surface area contributed by atoms with Crippen molar-refractivity contribution in [1.29, 1.82) is 0 Å². The Morgan fingerprint density at radius 3 is 2.67 bits per heavy atom. The monoisotopic (exact) mass is 418 g/mol. The number of nitrogens with one attached hydrogen (secondary N) is 1. The Morgan fingerprint density at radius 1 is 1.30 bits per heavy atom. The number of amides is 1. The van der Waals surface area contributed by atoms with Crippen molar-refractivity contribution in [1.82, 2.24) is 19.8 Å². The fraction of sp³-hybridized carbons (Fsp3) is 0.438. The molecule has 1 amide bonds. The molecule has 3 heterocycles. The van der Waals surface area contributed by atoms with Gasteiger partial charge in [0.2, 0.25) is 5.91 Å². The van der Waals surface area contributed by atoms with Gasteiger partial charge in [-0.1, -0.05) is 11.8 Å². The first-order valence-corrected chi connectivity index (χ1v) is 10.1. The fourth-order valence-corrected chi connectivity index (χ4v) is 4.10. The van der Waals surface area contributed by atoms with Crippen LogP contribution in [-0.2, 0) is 17.5 Å². The molecule has 0 spiro atoms. The maximum Gasteiger partial charge on any atom is 0.433 e. The lowest BCUT2D eigenvalue weighted by Crippen LogP contribution is -2.48. The highest BCUT2D eigenvalue weighted by Crippen LogP contribution is 2.27. The number of carbonyl (C=O) groups excluding carboxylic acids is 1. The van der Waals surface area contributed by atoms with Crippen LogP contribution in [0.2, 0.25) is 0 Å². The van der Waals surface area contributed by atoms with Crippen molar-refractivity contribution < 1.29 is 18.0 Å². The van der Waals surface area contributed by atoms with Crippen molar-refractivity contribution in [2.45, 2.75) is 17.9 Å². The summed E-state index contributed by atoms with van der Waals surface area (Å²) in [6.07, 6.45) is -4.70. The van der Waals surface area contributed by atoms with Crippen LogP contribution in [0.25, 0.3) is 0 Å². The minimum Gasteiger partial charge on any atom is -0.339 e. The lowest BCUT2D eigenvalue weighted by molar-refractivity contribution is -0.141. The highest BCUT2D eigenvalue weighted by Gasteiger charge is 2.33. The van der Waals surface area contributed by atoms with E-state index in [9.17, 15) is 22.8 Å². The maximum absolute atomic E-state index is 12.7. The molecule has 0 unspecified atom stereocenters. The van der Waals surface area contributed by atoms with Crippen LogP contribution < -0.4 is 5.56 Å². The molecule has 1 N–H and O–H groups in total. The first-order valence-electron chi connectivity index (χ1n) is 8.14. The van der Waals surface area contributed by atoms with Crippen LogP contribution in [0.15, 0.2) is 32.8 Å². The van der Waals surface area contributed by atoms with Gasteiger partial charge in [0.25, 0.3) is 5.56 Å². The van der Waals surface area contributed by atoms with Crippen molar-refractivity contribution in [2.75, 3.05) is 31.9 Å². The topological polar surface area (TPSA) is 69.3 Å². The second kappa shape index (κ2) is 8.44. The summed E-state index contributed by atoms with van der Waals surface area (Å²) in [6, 6.07) is 2.47. The molecule has 0 radical (unpaired) electrons. The number of aromatic amines is 1. The molecular formula is C16H17F3N4O2S2. The van der Waals surface area contributed by atoms with E-state index >= 15 is 0 Å². The third kappa shape index (κ3) is 5.56. The molecule has 3 rings (SSSR count). The Morgan fingerprint density at radius 2 is 2.04 bits per heavy atom. The molecule has 1 aliphatic rings. The second-order valence-electron chi connectivity index (χ2n) is 6.01. The van der Waals surface area contributed by atoms with Gasteiger partial charge in [0.05, 0.1) is 5.75 Å². The normalized spacial score (nSPS) is 15.9. The number of halogens is 3. The van der Waals surface area contributed by atoms with Gasteiger partial charge in [0, 0.05) is 38.8 Å². The second-order valence-corrected chi connectivity index (χ2v) is 7.75. The molecule has 1 aliphatic heterocycles. The zero-order valence-corrected chi connectivity index (χ0v) is 15.8. The summed E-state index contributed by atoms with van der Waals surface area (Å²) in [7, 11) is 0. The zero-order chi connectivity index (χ0) is 19.4. The molecule has 146 valence electrons. The van der Waals surface area contributed by atoms with Crippen molar-refractivity contribution in [2.24, 2.45) is 0 Å². The highest BCUT2D eigenvalue weighted by atomic mass is 32.2. The number of nitrogens with zero attached hydrogens (tertiary/aromatic N) is 3. The van der Waals surface area contributed by atoms with Gasteiger partial charge in [-0.15, -0.1) is 0 Å². The molecule has 11 heteroatoms. The van der Waals surface area contributed by atoms with Crippen LogP contribution in [0, 0.1) is 0 Å². The van der Waals surface area contributed by atoms with Gasteiger partial charge in [-0.2, -0.15) is 24.5 Å². The largest absolute Gasteiger partial charge is 0.433 e. The van der Waals surface area contributed by atoms with E-state index in [0.29, 0.717) is 19.2 Å². The minimum atomic E-state index is -4.70. The average molecular weight is 418 g/mol. The van der Waals surface area contributed by atoms with E-state index in [2.05, 4.69) is 26.3 Å². The molecule has 1 fully saturated rings. The van der Waals surface area contributed by atoms with Crippen molar-refractivity contribution >= 4 is 29.0 Å². The van der Waals surface area contributed by atoms with Crippen LogP contribution in [0.3, 0.4) is 0 Å². The molecule has 0 bridgehead atoms. The number of aromatic nitrogens is 2. The molecule has 2 aromatic heterocycles. The summed E-state index contributed by atoms with van der Waals surface area (Å²) in [4.78, 5) is 33.2. The third-order valence-corrected chi connectivity index (χ3v) is 5.64. The number of thiophene rings is 1. The fourth-order valence-electron chi connectivity index (χ4n) is 2.67. The predicted molar refractivity (Wildman–Crippen MR) is 96.8 cm³/mol. The first-order chi connectivity index (χ1) is 12.8. The predicted octanol–water partition coefficient (Wildman–Crippen LogP) is 2.29. The van der Waals surface area contributed by atoms with Crippen molar-refractivity contribution in [3.05, 3.63) is 44.5 Å². The lowest BCUT2D eigenvalue weighted by atomic mass is 10.2. The molecule has 0 saturated carbocycles. The van der Waals surface area contributed by atoms with Gasteiger partial charge in [-0.05, 0) is 22.4 Å². The summed E-state index contributed by atoms with van der Waals surface area (Å²) in [6.45, 7) is 3.46. The SMILES string of the molecule is O=C(CSc1nc(C(F)(F)F)cc(=O)[nH]1)N1CCN(Cc2ccsc2)CC1. The lowest BCUT2D eigenvalue weighted by Gasteiger charge is -2.34. The van der Waals surface area contributed by atoms with E-state index in [0.717, 1.165) is 31.4 Å². The molecular weight excluding hydrogens is 401 g/mol. The molecule has 27 heavy (non-hydrogen) atoms. The number of carbonyl (C=O) groups is 1. The van der Waals surface area contributed by atoms with Crippen LogP contribution in [0.5, 0.6) is 0 Å². The number of rotatable bonds is 5. The number of hydrogen-bond acceptors (Lipinski definition) is 6. The first kappa shape index (κ1) is 19.9. The Hall–Kier alpha value is -1.85.